The molecule has 1 fully saturated rings. The normalized spacial score (nSPS) is 15.4. The lowest BCUT2D eigenvalue weighted by molar-refractivity contribution is -0.148. The van der Waals surface area contributed by atoms with Gasteiger partial charge in [0.25, 0.3) is 5.56 Å². The molecule has 1 heterocycles. The molecule has 0 spiro atoms. The van der Waals surface area contributed by atoms with Crippen LogP contribution in [0, 0.1) is 5.41 Å². The summed E-state index contributed by atoms with van der Waals surface area (Å²) < 4.78 is 15.8. The maximum Gasteiger partial charge on any atom is 0.315 e. The van der Waals surface area contributed by atoms with E-state index in [0.29, 0.717) is 22.4 Å². The van der Waals surface area contributed by atoms with Gasteiger partial charge in [-0.3, -0.25) is 9.59 Å². The Morgan fingerprint density at radius 1 is 1.32 bits per heavy atom. The molecule has 2 aromatic rings. The van der Waals surface area contributed by atoms with E-state index in [1.165, 1.54) is 20.5 Å². The van der Waals surface area contributed by atoms with Crippen LogP contribution in [0.15, 0.2) is 23.3 Å². The zero-order valence-electron chi connectivity index (χ0n) is 12.3. The molecule has 1 aromatic carbocycles. The Morgan fingerprint density at radius 3 is 2.73 bits per heavy atom. The third-order valence-corrected chi connectivity index (χ3v) is 3.90. The molecule has 7 heteroatoms. The van der Waals surface area contributed by atoms with Crippen LogP contribution in [0.2, 0.25) is 0 Å². The van der Waals surface area contributed by atoms with Crippen LogP contribution < -0.4 is 15.0 Å². The van der Waals surface area contributed by atoms with Gasteiger partial charge in [-0.05, 0) is 18.9 Å². The van der Waals surface area contributed by atoms with E-state index in [4.69, 9.17) is 14.2 Å². The van der Waals surface area contributed by atoms with E-state index in [0.717, 1.165) is 12.8 Å². The number of H-pyrrole nitrogens is 1. The van der Waals surface area contributed by atoms with Crippen molar-refractivity contribution < 1.29 is 19.0 Å². The molecule has 1 aromatic heterocycles. The molecule has 116 valence electrons. The number of ether oxygens (including phenoxy) is 3. The second-order valence-electron chi connectivity index (χ2n) is 5.31. The van der Waals surface area contributed by atoms with Crippen molar-refractivity contribution in [3.63, 3.8) is 0 Å². The summed E-state index contributed by atoms with van der Waals surface area (Å²) in [6, 6.07) is 3.21. The fourth-order valence-corrected chi connectivity index (χ4v) is 2.34. The van der Waals surface area contributed by atoms with Crippen LogP contribution >= 0.6 is 0 Å². The maximum atomic E-state index is 11.8. The first kappa shape index (κ1) is 14.4. The number of aromatic amines is 1. The number of aromatic nitrogens is 2. The van der Waals surface area contributed by atoms with E-state index in [2.05, 4.69) is 9.97 Å². The number of nitrogens with one attached hydrogen (secondary N) is 1. The Bertz CT molecular complexity index is 779. The van der Waals surface area contributed by atoms with Gasteiger partial charge in [-0.15, -0.1) is 0 Å². The lowest BCUT2D eigenvalue weighted by Crippen LogP contribution is -2.24. The summed E-state index contributed by atoms with van der Waals surface area (Å²) in [7, 11) is 2.86. The largest absolute Gasteiger partial charge is 0.493 e. The fourth-order valence-electron chi connectivity index (χ4n) is 2.34. The molecule has 0 atom stereocenters. The topological polar surface area (TPSA) is 90.5 Å². The number of benzene rings is 1. The fraction of sp³-hybridized carbons (Fsp3) is 0.400. The summed E-state index contributed by atoms with van der Waals surface area (Å²) in [6.07, 6.45) is 2.82. The Labute approximate surface area is 126 Å². The van der Waals surface area contributed by atoms with E-state index in [1.54, 1.807) is 12.1 Å². The van der Waals surface area contributed by atoms with Gasteiger partial charge in [-0.1, -0.05) is 0 Å². The monoisotopic (exact) mass is 304 g/mol. The molecule has 7 nitrogen and oxygen atoms in total. The molecule has 22 heavy (non-hydrogen) atoms. The van der Waals surface area contributed by atoms with Crippen molar-refractivity contribution in [2.45, 2.75) is 12.8 Å². The van der Waals surface area contributed by atoms with Crippen molar-refractivity contribution in [3.8, 4) is 11.5 Å². The molecule has 0 unspecified atom stereocenters. The lowest BCUT2D eigenvalue weighted by Gasteiger charge is -2.16. The number of carbonyl (C=O) groups excluding carboxylic acids is 1. The van der Waals surface area contributed by atoms with E-state index in [1.807, 2.05) is 0 Å². The van der Waals surface area contributed by atoms with Gasteiger partial charge < -0.3 is 19.2 Å². The maximum absolute atomic E-state index is 11.8. The molecule has 1 aliphatic rings. The van der Waals surface area contributed by atoms with E-state index in [9.17, 15) is 9.59 Å². The second-order valence-corrected chi connectivity index (χ2v) is 5.31. The minimum Gasteiger partial charge on any atom is -0.493 e. The number of methoxy groups -OCH3 is 2. The van der Waals surface area contributed by atoms with E-state index < -0.39 is 5.41 Å². The van der Waals surface area contributed by atoms with Crippen molar-refractivity contribution in [2.24, 2.45) is 5.41 Å². The first-order chi connectivity index (χ1) is 10.6. The minimum atomic E-state index is -0.559. The van der Waals surface area contributed by atoms with Crippen molar-refractivity contribution in [3.05, 3.63) is 28.8 Å². The zero-order chi connectivity index (χ0) is 15.7. The molecule has 1 saturated carbocycles. The van der Waals surface area contributed by atoms with Crippen molar-refractivity contribution >= 4 is 16.9 Å². The molecule has 0 radical (unpaired) electrons. The summed E-state index contributed by atoms with van der Waals surface area (Å²) in [4.78, 5) is 30.1. The smallest absolute Gasteiger partial charge is 0.315 e. The van der Waals surface area contributed by atoms with Crippen LogP contribution in [0.4, 0.5) is 0 Å². The molecular weight excluding hydrogens is 288 g/mol. The molecule has 0 amide bonds. The highest BCUT2D eigenvalue weighted by Gasteiger charge is 2.52. The van der Waals surface area contributed by atoms with Crippen LogP contribution in [-0.2, 0) is 9.53 Å². The van der Waals surface area contributed by atoms with Gasteiger partial charge >= 0.3 is 5.97 Å². The number of carbonyl (C=O) groups is 1. The van der Waals surface area contributed by atoms with Gasteiger partial charge in [-0.2, -0.15) is 0 Å². The third-order valence-electron chi connectivity index (χ3n) is 3.90. The number of hydrogen-bond donors (Lipinski definition) is 1. The SMILES string of the molecule is COC(=O)C1(COc2cc3nc[nH]c(=O)c3cc2OC)CC1. The molecule has 3 rings (SSSR count). The summed E-state index contributed by atoms with van der Waals surface area (Å²) in [5.74, 6) is 0.608. The molecule has 1 N–H and O–H groups in total. The van der Waals surface area contributed by atoms with Gasteiger partial charge in [-0.25, -0.2) is 4.98 Å². The number of esters is 1. The van der Waals surface area contributed by atoms with Crippen LogP contribution in [0.1, 0.15) is 12.8 Å². The molecular formula is C15H16N2O5. The number of hydrogen-bond acceptors (Lipinski definition) is 6. The lowest BCUT2D eigenvalue weighted by atomic mass is 10.1. The van der Waals surface area contributed by atoms with E-state index in [-0.39, 0.29) is 18.1 Å². The van der Waals surface area contributed by atoms with Crippen LogP contribution in [0.5, 0.6) is 11.5 Å². The second kappa shape index (κ2) is 5.32. The van der Waals surface area contributed by atoms with Gasteiger partial charge in [0.2, 0.25) is 0 Å². The predicted molar refractivity (Wildman–Crippen MR) is 78.1 cm³/mol. The highest BCUT2D eigenvalue weighted by Crippen LogP contribution is 2.47. The highest BCUT2D eigenvalue weighted by molar-refractivity contribution is 5.82. The third kappa shape index (κ3) is 2.38. The number of rotatable bonds is 5. The minimum absolute atomic E-state index is 0.213. The summed E-state index contributed by atoms with van der Waals surface area (Å²) in [5, 5.41) is 0.417. The average Bonchev–Trinajstić information content (AvgIpc) is 3.33. The van der Waals surface area contributed by atoms with Crippen LogP contribution in [0.3, 0.4) is 0 Å². The Kier molecular flexibility index (Phi) is 3.48. The average molecular weight is 304 g/mol. The van der Waals surface area contributed by atoms with Crippen molar-refractivity contribution in [1.82, 2.24) is 9.97 Å². The Balaban J connectivity index is 1.90. The Morgan fingerprint density at radius 2 is 2.09 bits per heavy atom. The quantitative estimate of drug-likeness (QED) is 0.836. The number of fused-ring (bicyclic) bond motifs is 1. The van der Waals surface area contributed by atoms with Crippen LogP contribution in [-0.4, -0.2) is 36.8 Å². The first-order valence-electron chi connectivity index (χ1n) is 6.86. The highest BCUT2D eigenvalue weighted by atomic mass is 16.5. The molecule has 0 saturated heterocycles. The van der Waals surface area contributed by atoms with Gasteiger partial charge in [0.1, 0.15) is 12.0 Å². The van der Waals surface area contributed by atoms with Gasteiger partial charge in [0.05, 0.1) is 31.4 Å². The van der Waals surface area contributed by atoms with Crippen molar-refractivity contribution in [2.75, 3.05) is 20.8 Å². The summed E-state index contributed by atoms with van der Waals surface area (Å²) in [6.45, 7) is 0.213. The first-order valence-corrected chi connectivity index (χ1v) is 6.86. The van der Waals surface area contributed by atoms with Gasteiger partial charge in [0, 0.05) is 6.07 Å². The Hall–Kier alpha value is -2.57. The van der Waals surface area contributed by atoms with Gasteiger partial charge in [0.15, 0.2) is 11.5 Å². The zero-order valence-corrected chi connectivity index (χ0v) is 12.3. The number of nitrogens with zero attached hydrogens (tertiary/aromatic N) is 1. The molecule has 0 aliphatic heterocycles. The summed E-state index contributed by atoms with van der Waals surface area (Å²) >= 11 is 0. The molecule has 0 bridgehead atoms. The molecule has 1 aliphatic carbocycles. The standard InChI is InChI=1S/C15H16N2O5/c1-20-11-5-9-10(16-8-17-13(9)18)6-12(11)22-7-15(3-4-15)14(19)21-2/h5-6,8H,3-4,7H2,1-2H3,(H,16,17,18). The van der Waals surface area contributed by atoms with Crippen LogP contribution in [0.25, 0.3) is 10.9 Å². The van der Waals surface area contributed by atoms with Crippen molar-refractivity contribution in [1.29, 1.82) is 0 Å². The predicted octanol–water partition coefficient (Wildman–Crippen LogP) is 1.26. The van der Waals surface area contributed by atoms with E-state index >= 15 is 0 Å². The summed E-state index contributed by atoms with van der Waals surface area (Å²) in [5.41, 5.74) is -0.304.